The van der Waals surface area contributed by atoms with E-state index in [1.165, 1.54) is 24.1 Å². The van der Waals surface area contributed by atoms with E-state index in [1.54, 1.807) is 12.1 Å². The first-order valence-corrected chi connectivity index (χ1v) is 7.34. The van der Waals surface area contributed by atoms with Gasteiger partial charge in [0.2, 0.25) is 0 Å². The molecule has 1 heterocycles. The van der Waals surface area contributed by atoms with Crippen LogP contribution in [0.3, 0.4) is 0 Å². The summed E-state index contributed by atoms with van der Waals surface area (Å²) in [7, 11) is 1.19. The third-order valence-electron chi connectivity index (χ3n) is 4.09. The van der Waals surface area contributed by atoms with Crippen molar-refractivity contribution in [1.29, 1.82) is 0 Å². The summed E-state index contributed by atoms with van der Waals surface area (Å²) in [6, 6.07) is 13.3. The number of nitrogens with zero attached hydrogens (tertiary/aromatic N) is 1. The standard InChI is InChI=1S/C18H16FNO3/c1-23-18(22)17(21)20-11-10-12-4-2-3-5-15(12)16(20)13-6-8-14(19)9-7-13/h2-9,16H,10-11H2,1H3. The first-order valence-electron chi connectivity index (χ1n) is 7.34. The number of amides is 1. The van der Waals surface area contributed by atoms with Gasteiger partial charge in [-0.15, -0.1) is 0 Å². The monoisotopic (exact) mass is 313 g/mol. The molecule has 3 rings (SSSR count). The van der Waals surface area contributed by atoms with E-state index in [4.69, 9.17) is 0 Å². The van der Waals surface area contributed by atoms with Gasteiger partial charge in [-0.2, -0.15) is 0 Å². The lowest BCUT2D eigenvalue weighted by molar-refractivity contribution is -0.159. The second-order valence-electron chi connectivity index (χ2n) is 5.39. The quantitative estimate of drug-likeness (QED) is 0.600. The van der Waals surface area contributed by atoms with Crippen LogP contribution in [-0.2, 0) is 20.7 Å². The molecule has 5 heteroatoms. The minimum absolute atomic E-state index is 0.344. The summed E-state index contributed by atoms with van der Waals surface area (Å²) in [5, 5.41) is 0. The Morgan fingerprint density at radius 1 is 1.13 bits per heavy atom. The summed E-state index contributed by atoms with van der Waals surface area (Å²) in [6.07, 6.45) is 0.663. The SMILES string of the molecule is COC(=O)C(=O)N1CCc2ccccc2C1c1ccc(F)cc1. The number of ether oxygens (including phenoxy) is 1. The molecular weight excluding hydrogens is 297 g/mol. The predicted molar refractivity (Wildman–Crippen MR) is 82.1 cm³/mol. The van der Waals surface area contributed by atoms with Crippen molar-refractivity contribution in [2.24, 2.45) is 0 Å². The van der Waals surface area contributed by atoms with E-state index in [0.29, 0.717) is 13.0 Å². The topological polar surface area (TPSA) is 46.6 Å². The number of methoxy groups -OCH3 is 1. The van der Waals surface area contributed by atoms with Gasteiger partial charge in [0, 0.05) is 6.54 Å². The molecule has 0 saturated heterocycles. The van der Waals surface area contributed by atoms with Crippen LogP contribution in [0.2, 0.25) is 0 Å². The summed E-state index contributed by atoms with van der Waals surface area (Å²) < 4.78 is 17.8. The number of hydrogen-bond donors (Lipinski definition) is 0. The smallest absolute Gasteiger partial charge is 0.396 e. The van der Waals surface area contributed by atoms with Crippen molar-refractivity contribution in [2.45, 2.75) is 12.5 Å². The third kappa shape index (κ3) is 2.82. The second kappa shape index (κ2) is 6.20. The Hall–Kier alpha value is -2.69. The van der Waals surface area contributed by atoms with Crippen molar-refractivity contribution < 1.29 is 18.7 Å². The Bertz CT molecular complexity index is 742. The van der Waals surface area contributed by atoms with Crippen molar-refractivity contribution >= 4 is 11.9 Å². The fourth-order valence-corrected chi connectivity index (χ4v) is 2.99. The number of carbonyl (C=O) groups excluding carboxylic acids is 2. The number of carbonyl (C=O) groups is 2. The number of benzene rings is 2. The molecule has 2 aromatic rings. The van der Waals surface area contributed by atoms with E-state index in [9.17, 15) is 14.0 Å². The highest BCUT2D eigenvalue weighted by atomic mass is 19.1. The molecule has 0 spiro atoms. The number of rotatable bonds is 1. The molecule has 4 nitrogen and oxygen atoms in total. The zero-order valence-electron chi connectivity index (χ0n) is 12.7. The summed E-state index contributed by atoms with van der Waals surface area (Å²) in [5.41, 5.74) is 2.83. The van der Waals surface area contributed by atoms with Crippen molar-refractivity contribution in [3.8, 4) is 0 Å². The van der Waals surface area contributed by atoms with Gasteiger partial charge < -0.3 is 9.64 Å². The van der Waals surface area contributed by atoms with E-state index in [0.717, 1.165) is 16.7 Å². The molecule has 0 bridgehead atoms. The molecule has 0 saturated carbocycles. The molecule has 1 amide bonds. The molecule has 1 aliphatic heterocycles. The minimum atomic E-state index is -0.892. The summed E-state index contributed by atoms with van der Waals surface area (Å²) in [5.74, 6) is -1.92. The summed E-state index contributed by atoms with van der Waals surface area (Å²) in [4.78, 5) is 25.5. The third-order valence-corrected chi connectivity index (χ3v) is 4.09. The van der Waals surface area contributed by atoms with Crippen molar-refractivity contribution in [1.82, 2.24) is 4.90 Å². The van der Waals surface area contributed by atoms with Crippen LogP contribution in [0.1, 0.15) is 22.7 Å². The highest BCUT2D eigenvalue weighted by Crippen LogP contribution is 2.35. The van der Waals surface area contributed by atoms with Gasteiger partial charge in [0.25, 0.3) is 0 Å². The van der Waals surface area contributed by atoms with Gasteiger partial charge in [0.1, 0.15) is 5.82 Å². The van der Waals surface area contributed by atoms with Crippen LogP contribution in [0.4, 0.5) is 4.39 Å². The molecule has 23 heavy (non-hydrogen) atoms. The fourth-order valence-electron chi connectivity index (χ4n) is 2.99. The van der Waals surface area contributed by atoms with Gasteiger partial charge in [-0.1, -0.05) is 36.4 Å². The Balaban J connectivity index is 2.08. The average molecular weight is 313 g/mol. The fraction of sp³-hybridized carbons (Fsp3) is 0.222. The molecular formula is C18H16FNO3. The van der Waals surface area contributed by atoms with Crippen molar-refractivity contribution in [3.63, 3.8) is 0 Å². The molecule has 1 aliphatic rings. The lowest BCUT2D eigenvalue weighted by Crippen LogP contribution is -2.44. The van der Waals surface area contributed by atoms with Crippen molar-refractivity contribution in [3.05, 3.63) is 71.0 Å². The van der Waals surface area contributed by atoms with Crippen LogP contribution in [0.25, 0.3) is 0 Å². The van der Waals surface area contributed by atoms with Crippen LogP contribution in [0, 0.1) is 5.82 Å². The zero-order chi connectivity index (χ0) is 16.4. The Morgan fingerprint density at radius 3 is 2.52 bits per heavy atom. The van der Waals surface area contributed by atoms with Crippen LogP contribution in [0.15, 0.2) is 48.5 Å². The van der Waals surface area contributed by atoms with Crippen LogP contribution in [0.5, 0.6) is 0 Å². The van der Waals surface area contributed by atoms with Gasteiger partial charge in [-0.3, -0.25) is 4.79 Å². The molecule has 0 aromatic heterocycles. The number of halogens is 1. The van der Waals surface area contributed by atoms with E-state index in [1.807, 2.05) is 24.3 Å². The van der Waals surface area contributed by atoms with Gasteiger partial charge >= 0.3 is 11.9 Å². The first-order chi connectivity index (χ1) is 11.1. The lowest BCUT2D eigenvalue weighted by Gasteiger charge is -2.37. The largest absolute Gasteiger partial charge is 0.462 e. The number of hydrogen-bond acceptors (Lipinski definition) is 3. The molecule has 2 aromatic carbocycles. The highest BCUT2D eigenvalue weighted by molar-refractivity contribution is 6.32. The maximum Gasteiger partial charge on any atom is 0.396 e. The Morgan fingerprint density at radius 2 is 1.83 bits per heavy atom. The molecule has 0 aliphatic carbocycles. The van der Waals surface area contributed by atoms with Crippen molar-refractivity contribution in [2.75, 3.05) is 13.7 Å². The number of esters is 1. The Kier molecular flexibility index (Phi) is 4.10. The van der Waals surface area contributed by atoms with Gasteiger partial charge in [0.05, 0.1) is 13.2 Å². The van der Waals surface area contributed by atoms with Gasteiger partial charge in [-0.05, 0) is 35.2 Å². The second-order valence-corrected chi connectivity index (χ2v) is 5.39. The maximum atomic E-state index is 13.2. The highest BCUT2D eigenvalue weighted by Gasteiger charge is 2.35. The Labute approximate surface area is 133 Å². The minimum Gasteiger partial charge on any atom is -0.462 e. The molecule has 0 radical (unpaired) electrons. The molecule has 118 valence electrons. The van der Waals surface area contributed by atoms with E-state index < -0.39 is 17.9 Å². The van der Waals surface area contributed by atoms with E-state index >= 15 is 0 Å². The normalized spacial score (nSPS) is 16.6. The molecule has 0 fully saturated rings. The van der Waals surface area contributed by atoms with Gasteiger partial charge in [-0.25, -0.2) is 9.18 Å². The zero-order valence-corrected chi connectivity index (χ0v) is 12.7. The molecule has 1 atom stereocenters. The maximum absolute atomic E-state index is 13.2. The first kappa shape index (κ1) is 15.2. The molecule has 1 unspecified atom stereocenters. The lowest BCUT2D eigenvalue weighted by atomic mass is 9.88. The van der Waals surface area contributed by atoms with E-state index in [-0.39, 0.29) is 5.82 Å². The predicted octanol–water partition coefficient (Wildman–Crippen LogP) is 2.47. The van der Waals surface area contributed by atoms with Crippen LogP contribution >= 0.6 is 0 Å². The summed E-state index contributed by atoms with van der Waals surface area (Å²) in [6.45, 7) is 0.410. The average Bonchev–Trinajstić information content (AvgIpc) is 2.60. The molecule has 0 N–H and O–H groups in total. The van der Waals surface area contributed by atoms with Gasteiger partial charge in [0.15, 0.2) is 0 Å². The van der Waals surface area contributed by atoms with E-state index in [2.05, 4.69) is 4.74 Å². The van der Waals surface area contributed by atoms with Crippen LogP contribution in [-0.4, -0.2) is 30.4 Å². The summed E-state index contributed by atoms with van der Waals surface area (Å²) >= 11 is 0. The number of fused-ring (bicyclic) bond motifs is 1. The van der Waals surface area contributed by atoms with Crippen LogP contribution < -0.4 is 0 Å².